The maximum absolute atomic E-state index is 14.5. The summed E-state index contributed by atoms with van der Waals surface area (Å²) in [5, 5.41) is 19.8. The number of halogens is 2. The number of hydrogen-bond donors (Lipinski definition) is 2. The lowest BCUT2D eigenvalue weighted by molar-refractivity contribution is -0.140. The van der Waals surface area contributed by atoms with Gasteiger partial charge in [-0.1, -0.05) is 41.4 Å². The number of hydrogen-bond acceptors (Lipinski definition) is 7. The molecule has 7 rings (SSSR count). The molecule has 47 heavy (non-hydrogen) atoms. The van der Waals surface area contributed by atoms with E-state index in [0.29, 0.717) is 18.4 Å². The van der Waals surface area contributed by atoms with Crippen LogP contribution in [0.2, 0.25) is 5.02 Å². The van der Waals surface area contributed by atoms with E-state index in [1.807, 2.05) is 6.08 Å². The maximum Gasteiger partial charge on any atom is 0.241 e. The molecule has 9 nitrogen and oxygen atoms in total. The third kappa shape index (κ3) is 4.64. The second kappa shape index (κ2) is 11.2. The van der Waals surface area contributed by atoms with Gasteiger partial charge in [-0.25, -0.2) is 9.29 Å². The van der Waals surface area contributed by atoms with E-state index in [2.05, 4.69) is 0 Å². The quantitative estimate of drug-likeness (QED) is 0.270. The van der Waals surface area contributed by atoms with Crippen molar-refractivity contribution in [3.05, 3.63) is 94.3 Å². The zero-order valence-electron chi connectivity index (χ0n) is 25.7. The van der Waals surface area contributed by atoms with Gasteiger partial charge in [0.2, 0.25) is 23.6 Å². The summed E-state index contributed by atoms with van der Waals surface area (Å²) >= 11 is 6.07. The molecule has 6 atom stereocenters. The molecule has 1 saturated carbocycles. The predicted molar refractivity (Wildman–Crippen MR) is 169 cm³/mol. The van der Waals surface area contributed by atoms with Gasteiger partial charge in [-0.05, 0) is 85.7 Å². The third-order valence-electron chi connectivity index (χ3n) is 10.6. The predicted octanol–water partition coefficient (Wildman–Crippen LogP) is 5.37. The van der Waals surface area contributed by atoms with E-state index in [1.165, 1.54) is 30.2 Å². The number of phenolic OH excluding ortho intramolecular Hbond substituents is 2. The van der Waals surface area contributed by atoms with Crippen molar-refractivity contribution < 1.29 is 38.5 Å². The summed E-state index contributed by atoms with van der Waals surface area (Å²) in [5.41, 5.74) is 1.09. The topological polar surface area (TPSA) is 124 Å². The van der Waals surface area contributed by atoms with Crippen molar-refractivity contribution in [1.82, 2.24) is 4.90 Å². The van der Waals surface area contributed by atoms with Crippen LogP contribution in [-0.2, 0) is 25.6 Å². The zero-order valence-corrected chi connectivity index (χ0v) is 26.4. The average molecular weight is 659 g/mol. The van der Waals surface area contributed by atoms with E-state index >= 15 is 0 Å². The molecule has 3 fully saturated rings. The Morgan fingerprint density at radius 2 is 1.70 bits per heavy atom. The average Bonchev–Trinajstić information content (AvgIpc) is 3.41. The Labute approximate surface area is 275 Å². The number of ether oxygens (including phenoxy) is 1. The number of carbonyl (C=O) groups excluding carboxylic acids is 4. The van der Waals surface area contributed by atoms with Gasteiger partial charge >= 0.3 is 0 Å². The number of fused-ring (bicyclic) bond motifs is 4. The lowest BCUT2D eigenvalue weighted by Gasteiger charge is -2.49. The molecule has 3 aromatic rings. The van der Waals surface area contributed by atoms with Gasteiger partial charge in [-0.2, -0.15) is 0 Å². The van der Waals surface area contributed by atoms with Crippen molar-refractivity contribution in [2.75, 3.05) is 18.6 Å². The molecular formula is C36H32ClFN2O7. The van der Waals surface area contributed by atoms with Gasteiger partial charge in [0, 0.05) is 12.5 Å². The molecule has 2 aliphatic carbocycles. The van der Waals surface area contributed by atoms with Gasteiger partial charge in [0.25, 0.3) is 0 Å². The summed E-state index contributed by atoms with van der Waals surface area (Å²) in [4.78, 5) is 58.9. The summed E-state index contributed by atoms with van der Waals surface area (Å²) < 4.78 is 19.5. The minimum absolute atomic E-state index is 0.0970. The van der Waals surface area contributed by atoms with Crippen LogP contribution >= 0.6 is 11.6 Å². The SMILES string of the molecule is COc1cc(C2C3=CCC4C(=O)N(CCc5ccc(O)cc5)C(=O)C4C3CC3C(=O)N(c4ccc(F)c(Cl)c4)C(=O)C32C)ccc1O. The number of rotatable bonds is 6. The lowest BCUT2D eigenvalue weighted by atomic mass is 9.51. The standard InChI is InChI=1S/C36H32ClFN2O7/c1-36-25(33(44)40(35(36)46)20-6-11-27(38)26(37)16-20)17-24-22(31(36)19-5-12-28(42)29(15-19)47-2)9-10-23-30(24)34(45)39(32(23)43)14-13-18-3-7-21(41)8-4-18/h3-9,11-12,15-16,23-25,30-31,41-42H,10,13-14,17H2,1-2H3. The lowest BCUT2D eigenvalue weighted by Crippen LogP contribution is -2.48. The number of anilines is 1. The molecule has 11 heteroatoms. The first-order chi connectivity index (χ1) is 22.4. The summed E-state index contributed by atoms with van der Waals surface area (Å²) in [5.74, 6) is -5.43. The van der Waals surface area contributed by atoms with Crippen LogP contribution in [0, 0.1) is 34.9 Å². The zero-order chi connectivity index (χ0) is 33.4. The van der Waals surface area contributed by atoms with Crippen LogP contribution < -0.4 is 9.64 Å². The Morgan fingerprint density at radius 3 is 2.40 bits per heavy atom. The van der Waals surface area contributed by atoms with Crippen molar-refractivity contribution in [3.8, 4) is 17.2 Å². The first-order valence-electron chi connectivity index (χ1n) is 15.5. The van der Waals surface area contributed by atoms with Gasteiger partial charge in [0.15, 0.2) is 11.5 Å². The molecule has 0 bridgehead atoms. The van der Waals surface area contributed by atoms with E-state index in [-0.39, 0.29) is 52.7 Å². The van der Waals surface area contributed by atoms with Gasteiger partial charge in [-0.3, -0.25) is 24.1 Å². The number of benzene rings is 3. The highest BCUT2D eigenvalue weighted by Crippen LogP contribution is 2.64. The Balaban J connectivity index is 1.30. The third-order valence-corrected chi connectivity index (χ3v) is 10.9. The number of aromatic hydroxyl groups is 2. The largest absolute Gasteiger partial charge is 0.508 e. The van der Waals surface area contributed by atoms with Gasteiger partial charge in [0.1, 0.15) is 11.6 Å². The van der Waals surface area contributed by atoms with Crippen molar-refractivity contribution in [2.24, 2.45) is 29.1 Å². The highest BCUT2D eigenvalue weighted by atomic mass is 35.5. The number of nitrogens with zero attached hydrogens (tertiary/aromatic N) is 2. The molecular weight excluding hydrogens is 627 g/mol. The molecule has 0 spiro atoms. The first-order valence-corrected chi connectivity index (χ1v) is 15.9. The second-order valence-corrected chi connectivity index (χ2v) is 13.3. The van der Waals surface area contributed by atoms with Crippen molar-refractivity contribution in [1.29, 1.82) is 0 Å². The molecule has 3 aromatic carbocycles. The van der Waals surface area contributed by atoms with Crippen molar-refractivity contribution in [2.45, 2.75) is 32.1 Å². The minimum atomic E-state index is -1.32. The number of likely N-dealkylation sites (tertiary alicyclic amines) is 1. The number of imide groups is 2. The molecule has 4 amide bonds. The smallest absolute Gasteiger partial charge is 0.241 e. The highest BCUT2D eigenvalue weighted by molar-refractivity contribution is 6.31. The van der Waals surface area contributed by atoms with E-state index < -0.39 is 52.6 Å². The highest BCUT2D eigenvalue weighted by Gasteiger charge is 2.67. The van der Waals surface area contributed by atoms with E-state index in [0.717, 1.165) is 22.1 Å². The normalized spacial score (nSPS) is 28.3. The number of allylic oxidation sites excluding steroid dienone is 2. The number of carbonyl (C=O) groups is 4. The fourth-order valence-electron chi connectivity index (χ4n) is 8.33. The van der Waals surface area contributed by atoms with Gasteiger partial charge < -0.3 is 14.9 Å². The molecule has 2 N–H and O–H groups in total. The van der Waals surface area contributed by atoms with Gasteiger partial charge in [-0.15, -0.1) is 0 Å². The van der Waals surface area contributed by atoms with Gasteiger partial charge in [0.05, 0.1) is 41.0 Å². The number of phenols is 2. The summed E-state index contributed by atoms with van der Waals surface area (Å²) in [6, 6.07) is 15.1. The van der Waals surface area contributed by atoms with E-state index in [4.69, 9.17) is 16.3 Å². The van der Waals surface area contributed by atoms with Crippen molar-refractivity contribution >= 4 is 40.9 Å². The first kappa shape index (κ1) is 30.9. The summed E-state index contributed by atoms with van der Waals surface area (Å²) in [6.07, 6.45) is 2.82. The summed E-state index contributed by atoms with van der Waals surface area (Å²) in [7, 11) is 1.41. The van der Waals surface area contributed by atoms with Crippen LogP contribution in [0.5, 0.6) is 17.2 Å². The summed E-state index contributed by atoms with van der Waals surface area (Å²) in [6.45, 7) is 1.91. The second-order valence-electron chi connectivity index (χ2n) is 12.9. The molecule has 0 aromatic heterocycles. The van der Waals surface area contributed by atoms with Crippen LogP contribution in [-0.4, -0.2) is 52.4 Å². The molecule has 242 valence electrons. The molecule has 2 heterocycles. The van der Waals surface area contributed by atoms with E-state index in [9.17, 15) is 33.8 Å². The number of methoxy groups -OCH3 is 1. The molecule has 2 aliphatic heterocycles. The monoisotopic (exact) mass is 658 g/mol. The Morgan fingerprint density at radius 1 is 0.957 bits per heavy atom. The fraction of sp³-hybridized carbons (Fsp3) is 0.333. The molecule has 2 saturated heterocycles. The van der Waals surface area contributed by atoms with Crippen LogP contribution in [0.4, 0.5) is 10.1 Å². The van der Waals surface area contributed by atoms with Crippen LogP contribution in [0.3, 0.4) is 0 Å². The maximum atomic E-state index is 14.5. The fourth-order valence-corrected chi connectivity index (χ4v) is 8.50. The molecule has 0 radical (unpaired) electrons. The van der Waals surface area contributed by atoms with Crippen LogP contribution in [0.25, 0.3) is 0 Å². The van der Waals surface area contributed by atoms with E-state index in [1.54, 1.807) is 43.3 Å². The Bertz CT molecular complexity index is 1880. The van der Waals surface area contributed by atoms with Crippen LogP contribution in [0.1, 0.15) is 36.8 Å². The van der Waals surface area contributed by atoms with Crippen molar-refractivity contribution in [3.63, 3.8) is 0 Å². The molecule has 4 aliphatic rings. The van der Waals surface area contributed by atoms with Crippen LogP contribution in [0.15, 0.2) is 72.3 Å². The Kier molecular flexibility index (Phi) is 7.39. The Hall–Kier alpha value is -4.70. The number of amides is 4. The molecule has 6 unspecified atom stereocenters. The minimum Gasteiger partial charge on any atom is -0.508 e.